The van der Waals surface area contributed by atoms with Crippen molar-refractivity contribution in [2.24, 2.45) is 5.92 Å². The van der Waals surface area contributed by atoms with Gasteiger partial charge in [0.05, 0.1) is 10.6 Å². The van der Waals surface area contributed by atoms with Crippen molar-refractivity contribution in [1.82, 2.24) is 0 Å². The first-order valence-electron chi connectivity index (χ1n) is 5.62. The van der Waals surface area contributed by atoms with Gasteiger partial charge in [-0.2, -0.15) is 0 Å². The number of anilines is 1. The number of halogens is 1. The molecule has 0 amide bonds. The molecule has 0 radical (unpaired) electrons. The number of sulfone groups is 1. The van der Waals surface area contributed by atoms with E-state index in [-0.39, 0.29) is 0 Å². The Balaban J connectivity index is 2.34. The van der Waals surface area contributed by atoms with Gasteiger partial charge in [0.15, 0.2) is 9.84 Å². The van der Waals surface area contributed by atoms with Gasteiger partial charge in [-0.25, -0.2) is 8.42 Å². The quantitative estimate of drug-likeness (QED) is 0.792. The van der Waals surface area contributed by atoms with E-state index in [1.54, 1.807) is 12.1 Å². The molecule has 17 heavy (non-hydrogen) atoms. The zero-order valence-corrected chi connectivity index (χ0v) is 11.3. The van der Waals surface area contributed by atoms with Crippen LogP contribution < -0.4 is 4.90 Å². The molecule has 0 aliphatic carbocycles. The fourth-order valence-electron chi connectivity index (χ4n) is 2.21. The minimum absolute atomic E-state index is 0.412. The lowest BCUT2D eigenvalue weighted by Crippen LogP contribution is -2.22. The normalized spacial score (nSPS) is 20.8. The Bertz CT molecular complexity index is 501. The maximum atomic E-state index is 11.7. The molecule has 1 heterocycles. The Labute approximate surface area is 107 Å². The average Bonchev–Trinajstić information content (AvgIpc) is 2.76. The smallest absolute Gasteiger partial charge is 0.177 e. The van der Waals surface area contributed by atoms with Crippen molar-refractivity contribution in [1.29, 1.82) is 0 Å². The lowest BCUT2D eigenvalue weighted by atomic mass is 10.2. The first-order chi connectivity index (χ1) is 8.02. The van der Waals surface area contributed by atoms with Crippen LogP contribution in [-0.2, 0) is 9.84 Å². The Hall–Kier alpha value is -0.740. The summed E-state index contributed by atoms with van der Waals surface area (Å²) in [6.07, 6.45) is 2.28. The molecule has 1 unspecified atom stereocenters. The van der Waals surface area contributed by atoms with E-state index in [2.05, 4.69) is 4.90 Å². The van der Waals surface area contributed by atoms with Crippen LogP contribution in [0, 0.1) is 5.92 Å². The molecule has 2 rings (SSSR count). The van der Waals surface area contributed by atoms with Gasteiger partial charge in [0.2, 0.25) is 0 Å². The molecule has 1 saturated heterocycles. The molecule has 0 N–H and O–H groups in total. The third-order valence-corrected chi connectivity index (χ3v) is 4.69. The molecule has 1 atom stereocenters. The molecule has 1 aromatic carbocycles. The fourth-order valence-corrected chi connectivity index (χ4v) is 3.36. The summed E-state index contributed by atoms with van der Waals surface area (Å²) in [6, 6.07) is 7.17. The maximum absolute atomic E-state index is 11.7. The van der Waals surface area contributed by atoms with Gasteiger partial charge in [-0.1, -0.05) is 12.1 Å². The molecule has 0 bridgehead atoms. The highest BCUT2D eigenvalue weighted by molar-refractivity contribution is 7.90. The van der Waals surface area contributed by atoms with Gasteiger partial charge in [0.25, 0.3) is 0 Å². The molecule has 1 aromatic rings. The lowest BCUT2D eigenvalue weighted by Gasteiger charge is -2.21. The van der Waals surface area contributed by atoms with E-state index < -0.39 is 9.84 Å². The summed E-state index contributed by atoms with van der Waals surface area (Å²) >= 11 is 5.85. The Morgan fingerprint density at radius 2 is 2.12 bits per heavy atom. The van der Waals surface area contributed by atoms with Crippen molar-refractivity contribution >= 4 is 27.1 Å². The topological polar surface area (TPSA) is 37.4 Å². The average molecular weight is 274 g/mol. The second-order valence-electron chi connectivity index (χ2n) is 4.49. The van der Waals surface area contributed by atoms with E-state index in [1.165, 1.54) is 6.26 Å². The highest BCUT2D eigenvalue weighted by Gasteiger charge is 2.25. The number of para-hydroxylation sites is 1. The first-order valence-corrected chi connectivity index (χ1v) is 8.05. The zero-order chi connectivity index (χ0) is 12.5. The van der Waals surface area contributed by atoms with Crippen LogP contribution in [0.15, 0.2) is 29.2 Å². The minimum atomic E-state index is -3.17. The van der Waals surface area contributed by atoms with Crippen LogP contribution in [0.5, 0.6) is 0 Å². The molecule has 0 aromatic heterocycles. The van der Waals surface area contributed by atoms with Crippen LogP contribution in [0.25, 0.3) is 0 Å². The van der Waals surface area contributed by atoms with Crippen LogP contribution in [0.3, 0.4) is 0 Å². The van der Waals surface area contributed by atoms with E-state index in [1.807, 2.05) is 12.1 Å². The van der Waals surface area contributed by atoms with Gasteiger partial charge < -0.3 is 4.90 Å². The number of alkyl halides is 1. The number of nitrogens with zero attached hydrogens (tertiary/aromatic N) is 1. The summed E-state index contributed by atoms with van der Waals surface area (Å²) in [6.45, 7) is 1.72. The summed E-state index contributed by atoms with van der Waals surface area (Å²) in [5.74, 6) is 1.10. The van der Waals surface area contributed by atoms with Crippen molar-refractivity contribution < 1.29 is 8.42 Å². The van der Waals surface area contributed by atoms with E-state index in [4.69, 9.17) is 11.6 Å². The van der Waals surface area contributed by atoms with Crippen molar-refractivity contribution in [3.63, 3.8) is 0 Å². The van der Waals surface area contributed by atoms with Crippen LogP contribution >= 0.6 is 11.6 Å². The fraction of sp³-hybridized carbons (Fsp3) is 0.500. The molecule has 0 spiro atoms. The van der Waals surface area contributed by atoms with E-state index in [0.717, 1.165) is 25.2 Å². The molecule has 94 valence electrons. The van der Waals surface area contributed by atoms with Gasteiger partial charge in [0, 0.05) is 25.2 Å². The standard InChI is InChI=1S/C12H16ClNO2S/c1-17(15,16)12-5-3-2-4-11(12)14-7-6-10(8-13)9-14/h2-5,10H,6-9H2,1H3. The predicted octanol–water partition coefficient (Wildman–Crippen LogP) is 2.16. The van der Waals surface area contributed by atoms with E-state index in [0.29, 0.717) is 16.7 Å². The molecule has 0 saturated carbocycles. The molecule has 1 fully saturated rings. The van der Waals surface area contributed by atoms with Gasteiger partial charge in [-0.3, -0.25) is 0 Å². The molecule has 3 nitrogen and oxygen atoms in total. The summed E-state index contributed by atoms with van der Waals surface area (Å²) in [5, 5.41) is 0. The number of hydrogen-bond donors (Lipinski definition) is 0. The number of benzene rings is 1. The van der Waals surface area contributed by atoms with Crippen LogP contribution in [0.1, 0.15) is 6.42 Å². The first kappa shape index (κ1) is 12.7. The highest BCUT2D eigenvalue weighted by Crippen LogP contribution is 2.30. The van der Waals surface area contributed by atoms with Crippen molar-refractivity contribution in [2.75, 3.05) is 30.1 Å². The summed E-state index contributed by atoms with van der Waals surface area (Å²) in [7, 11) is -3.17. The van der Waals surface area contributed by atoms with Crippen molar-refractivity contribution in [2.45, 2.75) is 11.3 Å². The third-order valence-electron chi connectivity index (χ3n) is 3.11. The van der Waals surface area contributed by atoms with Gasteiger partial charge >= 0.3 is 0 Å². The van der Waals surface area contributed by atoms with E-state index in [9.17, 15) is 8.42 Å². The number of rotatable bonds is 3. The lowest BCUT2D eigenvalue weighted by molar-refractivity contribution is 0.601. The largest absolute Gasteiger partial charge is 0.370 e. The van der Waals surface area contributed by atoms with Crippen LogP contribution in [0.4, 0.5) is 5.69 Å². The van der Waals surface area contributed by atoms with Gasteiger partial charge in [0.1, 0.15) is 0 Å². The van der Waals surface area contributed by atoms with Crippen molar-refractivity contribution in [3.05, 3.63) is 24.3 Å². The molecular weight excluding hydrogens is 258 g/mol. The Kier molecular flexibility index (Phi) is 3.64. The molecule has 5 heteroatoms. The SMILES string of the molecule is CS(=O)(=O)c1ccccc1N1CCC(CCl)C1. The maximum Gasteiger partial charge on any atom is 0.177 e. The van der Waals surface area contributed by atoms with Gasteiger partial charge in [-0.05, 0) is 24.5 Å². The molecule has 1 aliphatic heterocycles. The van der Waals surface area contributed by atoms with Crippen LogP contribution in [0.2, 0.25) is 0 Å². The number of hydrogen-bond acceptors (Lipinski definition) is 3. The summed E-state index contributed by atoms with van der Waals surface area (Å²) in [4.78, 5) is 2.53. The minimum Gasteiger partial charge on any atom is -0.370 e. The second-order valence-corrected chi connectivity index (χ2v) is 6.79. The Morgan fingerprint density at radius 3 is 2.71 bits per heavy atom. The highest BCUT2D eigenvalue weighted by atomic mass is 35.5. The van der Waals surface area contributed by atoms with Gasteiger partial charge in [-0.15, -0.1) is 11.6 Å². The zero-order valence-electron chi connectivity index (χ0n) is 9.77. The second kappa shape index (κ2) is 4.86. The van der Waals surface area contributed by atoms with Crippen LogP contribution in [-0.4, -0.2) is 33.6 Å². The monoisotopic (exact) mass is 273 g/mol. The van der Waals surface area contributed by atoms with Crippen molar-refractivity contribution in [3.8, 4) is 0 Å². The Morgan fingerprint density at radius 1 is 1.41 bits per heavy atom. The molecule has 1 aliphatic rings. The third kappa shape index (κ3) is 2.75. The predicted molar refractivity (Wildman–Crippen MR) is 70.6 cm³/mol. The summed E-state index contributed by atoms with van der Waals surface area (Å²) < 4.78 is 23.4. The summed E-state index contributed by atoms with van der Waals surface area (Å²) in [5.41, 5.74) is 0.808. The molecular formula is C12H16ClNO2S. The van der Waals surface area contributed by atoms with E-state index >= 15 is 0 Å².